The van der Waals surface area contributed by atoms with Gasteiger partial charge >= 0.3 is 0 Å². The molecule has 0 fully saturated rings. The largest absolute Gasteiger partial charge is 0.494 e. The molecule has 0 aliphatic rings. The van der Waals surface area contributed by atoms with Gasteiger partial charge in [-0.2, -0.15) is 0 Å². The van der Waals surface area contributed by atoms with Crippen molar-refractivity contribution in [3.05, 3.63) is 53.4 Å². The first-order chi connectivity index (χ1) is 10.2. The summed E-state index contributed by atoms with van der Waals surface area (Å²) in [6.07, 6.45) is 4.51. The third-order valence-corrected chi connectivity index (χ3v) is 3.17. The molecule has 0 amide bonds. The highest BCUT2D eigenvalue weighted by molar-refractivity contribution is 5.33. The summed E-state index contributed by atoms with van der Waals surface area (Å²) in [7, 11) is 1.45. The molecule has 2 rings (SSSR count). The molecule has 1 unspecified atom stereocenters. The van der Waals surface area contributed by atoms with Gasteiger partial charge in [0.15, 0.2) is 11.6 Å². The van der Waals surface area contributed by atoms with Crippen molar-refractivity contribution in [2.24, 2.45) is 0 Å². The molecule has 0 aliphatic carbocycles. The van der Waals surface area contributed by atoms with E-state index in [0.717, 1.165) is 24.1 Å². The molecule has 2 aromatic rings. The SMILES string of the molecule is CCCNC(c1ccc(OC)c(F)c1)c1ncc(C)cn1. The number of aromatic nitrogens is 2. The Morgan fingerprint density at radius 3 is 2.57 bits per heavy atom. The number of halogens is 1. The number of methoxy groups -OCH3 is 1. The Kier molecular flexibility index (Phi) is 5.22. The third kappa shape index (κ3) is 3.76. The van der Waals surface area contributed by atoms with Crippen LogP contribution < -0.4 is 10.1 Å². The van der Waals surface area contributed by atoms with E-state index < -0.39 is 0 Å². The molecule has 1 aromatic carbocycles. The Balaban J connectivity index is 2.35. The molecule has 112 valence electrons. The van der Waals surface area contributed by atoms with E-state index in [1.165, 1.54) is 13.2 Å². The lowest BCUT2D eigenvalue weighted by Gasteiger charge is -2.18. The van der Waals surface area contributed by atoms with Crippen molar-refractivity contribution in [3.8, 4) is 5.75 Å². The van der Waals surface area contributed by atoms with Gasteiger partial charge in [-0.05, 0) is 43.1 Å². The Bertz CT molecular complexity index is 587. The van der Waals surface area contributed by atoms with Crippen molar-refractivity contribution in [2.75, 3.05) is 13.7 Å². The Morgan fingerprint density at radius 2 is 2.00 bits per heavy atom. The van der Waals surface area contributed by atoms with Gasteiger partial charge in [-0.15, -0.1) is 0 Å². The molecular weight excluding hydrogens is 269 g/mol. The molecule has 1 N–H and O–H groups in total. The van der Waals surface area contributed by atoms with Crippen molar-refractivity contribution in [1.29, 1.82) is 0 Å². The van der Waals surface area contributed by atoms with Gasteiger partial charge in [0.1, 0.15) is 5.82 Å². The maximum Gasteiger partial charge on any atom is 0.165 e. The second-order valence-corrected chi connectivity index (χ2v) is 4.90. The van der Waals surface area contributed by atoms with Crippen LogP contribution in [-0.2, 0) is 0 Å². The minimum absolute atomic E-state index is 0.231. The summed E-state index contributed by atoms with van der Waals surface area (Å²) in [5, 5.41) is 3.35. The van der Waals surface area contributed by atoms with Crippen LogP contribution in [0.2, 0.25) is 0 Å². The van der Waals surface area contributed by atoms with E-state index in [9.17, 15) is 4.39 Å². The first-order valence-corrected chi connectivity index (χ1v) is 7.01. The molecule has 0 aliphatic heterocycles. The molecule has 21 heavy (non-hydrogen) atoms. The van der Waals surface area contributed by atoms with E-state index in [1.807, 2.05) is 13.0 Å². The number of hydrogen-bond acceptors (Lipinski definition) is 4. The zero-order valence-corrected chi connectivity index (χ0v) is 12.6. The average molecular weight is 289 g/mol. The highest BCUT2D eigenvalue weighted by atomic mass is 19.1. The second-order valence-electron chi connectivity index (χ2n) is 4.90. The summed E-state index contributed by atoms with van der Waals surface area (Å²) < 4.78 is 18.9. The average Bonchev–Trinajstić information content (AvgIpc) is 2.49. The van der Waals surface area contributed by atoms with Gasteiger partial charge in [0.05, 0.1) is 13.2 Å². The highest BCUT2D eigenvalue weighted by Gasteiger charge is 2.18. The van der Waals surface area contributed by atoms with E-state index in [2.05, 4.69) is 22.2 Å². The fourth-order valence-electron chi connectivity index (χ4n) is 2.06. The van der Waals surface area contributed by atoms with Crippen LogP contribution in [-0.4, -0.2) is 23.6 Å². The number of nitrogens with one attached hydrogen (secondary N) is 1. The van der Waals surface area contributed by atoms with Crippen LogP contribution in [0.5, 0.6) is 5.75 Å². The van der Waals surface area contributed by atoms with Crippen LogP contribution in [0.3, 0.4) is 0 Å². The molecule has 1 aromatic heterocycles. The summed E-state index contributed by atoms with van der Waals surface area (Å²) in [5.41, 5.74) is 1.78. The molecular formula is C16H20FN3O. The van der Waals surface area contributed by atoms with Crippen molar-refractivity contribution in [1.82, 2.24) is 15.3 Å². The summed E-state index contributed by atoms with van der Waals surface area (Å²) in [6.45, 7) is 4.82. The number of ether oxygens (including phenoxy) is 1. The first kappa shape index (κ1) is 15.4. The smallest absolute Gasteiger partial charge is 0.165 e. The van der Waals surface area contributed by atoms with Crippen LogP contribution in [0, 0.1) is 12.7 Å². The van der Waals surface area contributed by atoms with E-state index in [1.54, 1.807) is 18.5 Å². The van der Waals surface area contributed by atoms with Crippen molar-refractivity contribution >= 4 is 0 Å². The number of aryl methyl sites for hydroxylation is 1. The quantitative estimate of drug-likeness (QED) is 0.888. The number of rotatable bonds is 6. The topological polar surface area (TPSA) is 47.0 Å². The molecule has 0 saturated carbocycles. The van der Waals surface area contributed by atoms with Crippen LogP contribution in [0.4, 0.5) is 4.39 Å². The molecule has 1 atom stereocenters. The van der Waals surface area contributed by atoms with Crippen LogP contribution >= 0.6 is 0 Å². The predicted molar refractivity (Wildman–Crippen MR) is 79.9 cm³/mol. The zero-order valence-electron chi connectivity index (χ0n) is 12.6. The highest BCUT2D eigenvalue weighted by Crippen LogP contribution is 2.24. The molecule has 5 heteroatoms. The van der Waals surface area contributed by atoms with Gasteiger partial charge < -0.3 is 10.1 Å². The van der Waals surface area contributed by atoms with Crippen molar-refractivity contribution < 1.29 is 9.13 Å². The predicted octanol–water partition coefficient (Wildman–Crippen LogP) is 3.02. The monoisotopic (exact) mass is 289 g/mol. The van der Waals surface area contributed by atoms with Gasteiger partial charge in [-0.3, -0.25) is 0 Å². The lowest BCUT2D eigenvalue weighted by atomic mass is 10.1. The molecule has 4 nitrogen and oxygen atoms in total. The number of nitrogens with zero attached hydrogens (tertiary/aromatic N) is 2. The summed E-state index contributed by atoms with van der Waals surface area (Å²) >= 11 is 0. The fraction of sp³-hybridized carbons (Fsp3) is 0.375. The van der Waals surface area contributed by atoms with Gasteiger partial charge in [0, 0.05) is 12.4 Å². The normalized spacial score (nSPS) is 12.2. The Hall–Kier alpha value is -2.01. The Morgan fingerprint density at radius 1 is 1.29 bits per heavy atom. The lowest BCUT2D eigenvalue weighted by molar-refractivity contribution is 0.385. The van der Waals surface area contributed by atoms with Crippen molar-refractivity contribution in [2.45, 2.75) is 26.3 Å². The molecule has 0 radical (unpaired) electrons. The minimum Gasteiger partial charge on any atom is -0.494 e. The van der Waals surface area contributed by atoms with Gasteiger partial charge in [-0.25, -0.2) is 14.4 Å². The summed E-state index contributed by atoms with van der Waals surface area (Å²) in [5.74, 6) is 0.488. The maximum atomic E-state index is 13.9. The maximum absolute atomic E-state index is 13.9. The first-order valence-electron chi connectivity index (χ1n) is 7.01. The van der Waals surface area contributed by atoms with E-state index in [0.29, 0.717) is 5.82 Å². The van der Waals surface area contributed by atoms with Crippen LogP contribution in [0.25, 0.3) is 0 Å². The molecule has 0 bridgehead atoms. The summed E-state index contributed by atoms with van der Waals surface area (Å²) in [6, 6.07) is 4.69. The van der Waals surface area contributed by atoms with Crippen LogP contribution in [0.15, 0.2) is 30.6 Å². The molecule has 0 saturated heterocycles. The van der Waals surface area contributed by atoms with Crippen LogP contribution in [0.1, 0.15) is 36.3 Å². The number of hydrogen-bond donors (Lipinski definition) is 1. The minimum atomic E-state index is -0.384. The van der Waals surface area contributed by atoms with Gasteiger partial charge in [-0.1, -0.05) is 13.0 Å². The second kappa shape index (κ2) is 7.13. The van der Waals surface area contributed by atoms with Crippen molar-refractivity contribution in [3.63, 3.8) is 0 Å². The zero-order chi connectivity index (χ0) is 15.2. The number of benzene rings is 1. The van der Waals surface area contributed by atoms with E-state index in [-0.39, 0.29) is 17.6 Å². The van der Waals surface area contributed by atoms with Gasteiger partial charge in [0.2, 0.25) is 0 Å². The Labute approximate surface area is 124 Å². The lowest BCUT2D eigenvalue weighted by Crippen LogP contribution is -2.25. The molecule has 1 heterocycles. The molecule has 0 spiro atoms. The van der Waals surface area contributed by atoms with Gasteiger partial charge in [0.25, 0.3) is 0 Å². The fourth-order valence-corrected chi connectivity index (χ4v) is 2.06. The van der Waals surface area contributed by atoms with E-state index in [4.69, 9.17) is 4.74 Å². The standard InChI is InChI=1S/C16H20FN3O/c1-4-7-18-15(16-19-9-11(2)10-20-16)12-5-6-14(21-3)13(17)8-12/h5-6,8-10,15,18H,4,7H2,1-3H3. The third-order valence-electron chi connectivity index (χ3n) is 3.17. The summed E-state index contributed by atoms with van der Waals surface area (Å²) in [4.78, 5) is 8.71. The van der Waals surface area contributed by atoms with E-state index >= 15 is 0 Å².